The normalized spacial score (nSPS) is 22.1. The van der Waals surface area contributed by atoms with Gasteiger partial charge in [0.15, 0.2) is 0 Å². The second-order valence-corrected chi connectivity index (χ2v) is 3.14. The van der Waals surface area contributed by atoms with E-state index in [-0.39, 0.29) is 12.5 Å². The summed E-state index contributed by atoms with van der Waals surface area (Å²) in [5.41, 5.74) is 5.18. The number of hydrogen-bond donors (Lipinski definition) is 2. The molecule has 2 amide bonds. The van der Waals surface area contributed by atoms with Gasteiger partial charge in [-0.25, -0.2) is 0 Å². The van der Waals surface area contributed by atoms with Gasteiger partial charge in [0.25, 0.3) is 0 Å². The number of hydrogen-bond acceptors (Lipinski definition) is 4. The number of primary amides is 1. The first-order valence-corrected chi connectivity index (χ1v) is 4.45. The molecule has 0 radical (unpaired) electrons. The van der Waals surface area contributed by atoms with Gasteiger partial charge in [-0.1, -0.05) is 0 Å². The maximum Gasteiger partial charge on any atom is 0.249 e. The Hall–Kier alpha value is -1.14. The van der Waals surface area contributed by atoms with Gasteiger partial charge in [0.1, 0.15) is 12.6 Å². The minimum Gasteiger partial charge on any atom is -0.375 e. The second-order valence-electron chi connectivity index (χ2n) is 3.14. The van der Waals surface area contributed by atoms with Crippen LogP contribution < -0.4 is 11.1 Å². The first-order valence-electron chi connectivity index (χ1n) is 4.45. The number of ether oxygens (including phenoxy) is 1. The molecule has 6 heteroatoms. The van der Waals surface area contributed by atoms with Crippen molar-refractivity contribution in [3.8, 4) is 0 Å². The van der Waals surface area contributed by atoms with Crippen molar-refractivity contribution in [3.05, 3.63) is 0 Å². The van der Waals surface area contributed by atoms with E-state index in [0.717, 1.165) is 0 Å². The minimum absolute atomic E-state index is 0.0101. The molecule has 3 N–H and O–H groups in total. The van der Waals surface area contributed by atoms with Crippen molar-refractivity contribution >= 4 is 11.8 Å². The summed E-state index contributed by atoms with van der Waals surface area (Å²) in [4.78, 5) is 24.0. The monoisotopic (exact) mass is 201 g/mol. The molecule has 0 bridgehead atoms. The van der Waals surface area contributed by atoms with Gasteiger partial charge in [0, 0.05) is 26.7 Å². The molecule has 80 valence electrons. The Kier molecular flexibility index (Phi) is 3.84. The predicted octanol–water partition coefficient (Wildman–Crippen LogP) is -2.08. The van der Waals surface area contributed by atoms with E-state index in [2.05, 4.69) is 5.32 Å². The molecular formula is C8H15N3O3. The van der Waals surface area contributed by atoms with Crippen LogP contribution in [0.5, 0.6) is 0 Å². The maximum absolute atomic E-state index is 11.5. The number of amides is 2. The van der Waals surface area contributed by atoms with Crippen LogP contribution in [0.3, 0.4) is 0 Å². The highest BCUT2D eigenvalue weighted by atomic mass is 16.5. The topological polar surface area (TPSA) is 84.7 Å². The lowest BCUT2D eigenvalue weighted by Gasteiger charge is -2.33. The first-order chi connectivity index (χ1) is 6.66. The molecule has 0 aliphatic carbocycles. The van der Waals surface area contributed by atoms with Crippen molar-refractivity contribution in [1.82, 2.24) is 10.2 Å². The Morgan fingerprint density at radius 1 is 1.64 bits per heavy atom. The lowest BCUT2D eigenvalue weighted by molar-refractivity contribution is -0.143. The van der Waals surface area contributed by atoms with E-state index in [4.69, 9.17) is 10.5 Å². The molecule has 1 rings (SSSR count). The van der Waals surface area contributed by atoms with E-state index < -0.39 is 11.9 Å². The molecule has 6 nitrogen and oxygen atoms in total. The third-order valence-corrected chi connectivity index (χ3v) is 2.16. The molecule has 0 aromatic rings. The summed E-state index contributed by atoms with van der Waals surface area (Å²) in [7, 11) is 1.44. The molecule has 0 spiro atoms. The fraction of sp³-hybridized carbons (Fsp3) is 0.750. The van der Waals surface area contributed by atoms with Crippen LogP contribution in [-0.4, -0.2) is 56.1 Å². The number of nitrogens with zero attached hydrogens (tertiary/aromatic N) is 1. The Labute approximate surface area is 82.4 Å². The van der Waals surface area contributed by atoms with Crippen molar-refractivity contribution in [1.29, 1.82) is 0 Å². The van der Waals surface area contributed by atoms with Gasteiger partial charge < -0.3 is 20.7 Å². The van der Waals surface area contributed by atoms with Crippen LogP contribution >= 0.6 is 0 Å². The lowest BCUT2D eigenvalue weighted by atomic mass is 10.2. The van der Waals surface area contributed by atoms with Crippen molar-refractivity contribution < 1.29 is 14.3 Å². The van der Waals surface area contributed by atoms with Crippen molar-refractivity contribution in [2.75, 3.05) is 33.4 Å². The molecule has 0 aromatic heterocycles. The zero-order valence-corrected chi connectivity index (χ0v) is 8.16. The number of carbonyl (C=O) groups is 2. The highest BCUT2D eigenvalue weighted by Crippen LogP contribution is 2.03. The smallest absolute Gasteiger partial charge is 0.249 e. The van der Waals surface area contributed by atoms with Crippen LogP contribution in [0.15, 0.2) is 0 Å². The number of methoxy groups -OCH3 is 1. The molecule has 0 aromatic carbocycles. The van der Waals surface area contributed by atoms with E-state index >= 15 is 0 Å². The molecule has 1 unspecified atom stereocenters. The summed E-state index contributed by atoms with van der Waals surface area (Å²) in [6.07, 6.45) is 0. The van der Waals surface area contributed by atoms with Crippen LogP contribution in [0.1, 0.15) is 0 Å². The van der Waals surface area contributed by atoms with Crippen molar-refractivity contribution in [3.63, 3.8) is 0 Å². The van der Waals surface area contributed by atoms with E-state index in [1.54, 1.807) is 0 Å². The highest BCUT2D eigenvalue weighted by molar-refractivity contribution is 5.87. The maximum atomic E-state index is 11.5. The fourth-order valence-corrected chi connectivity index (χ4v) is 1.46. The Balaban J connectivity index is 2.62. The second kappa shape index (κ2) is 4.92. The molecule has 1 heterocycles. The first kappa shape index (κ1) is 10.9. The van der Waals surface area contributed by atoms with Gasteiger partial charge >= 0.3 is 0 Å². The molecule has 14 heavy (non-hydrogen) atoms. The quantitative estimate of drug-likeness (QED) is 0.549. The highest BCUT2D eigenvalue weighted by Gasteiger charge is 2.29. The van der Waals surface area contributed by atoms with E-state index in [1.807, 2.05) is 0 Å². The number of nitrogens with two attached hydrogens (primary N) is 1. The Morgan fingerprint density at radius 3 is 2.93 bits per heavy atom. The summed E-state index contributed by atoms with van der Waals surface area (Å²) in [6.45, 7) is 1.59. The van der Waals surface area contributed by atoms with E-state index in [0.29, 0.717) is 19.6 Å². The SMILES string of the molecule is COCC(=O)N1CCNCC1C(N)=O. The molecule has 1 atom stereocenters. The molecule has 1 fully saturated rings. The average Bonchev–Trinajstić information content (AvgIpc) is 2.18. The number of nitrogens with one attached hydrogen (secondary N) is 1. The fourth-order valence-electron chi connectivity index (χ4n) is 1.46. The molecular weight excluding hydrogens is 186 g/mol. The van der Waals surface area contributed by atoms with Crippen LogP contribution in [0.2, 0.25) is 0 Å². The average molecular weight is 201 g/mol. The van der Waals surface area contributed by atoms with Crippen molar-refractivity contribution in [2.24, 2.45) is 5.73 Å². The largest absolute Gasteiger partial charge is 0.375 e. The van der Waals surface area contributed by atoms with Crippen LogP contribution in [-0.2, 0) is 14.3 Å². The van der Waals surface area contributed by atoms with E-state index in [9.17, 15) is 9.59 Å². The number of rotatable bonds is 3. The van der Waals surface area contributed by atoms with Crippen LogP contribution in [0, 0.1) is 0 Å². The minimum atomic E-state index is -0.550. The van der Waals surface area contributed by atoms with E-state index in [1.165, 1.54) is 12.0 Å². The third-order valence-electron chi connectivity index (χ3n) is 2.16. The Morgan fingerprint density at radius 2 is 2.36 bits per heavy atom. The number of piperazine rings is 1. The zero-order chi connectivity index (χ0) is 10.6. The third kappa shape index (κ3) is 2.43. The standard InChI is InChI=1S/C8H15N3O3/c1-14-5-7(12)11-3-2-10-4-6(11)8(9)13/h6,10H,2-5H2,1H3,(H2,9,13). The van der Waals surface area contributed by atoms with Crippen LogP contribution in [0.4, 0.5) is 0 Å². The van der Waals surface area contributed by atoms with Crippen molar-refractivity contribution in [2.45, 2.75) is 6.04 Å². The molecule has 1 aliphatic rings. The summed E-state index contributed by atoms with van der Waals surface area (Å²) >= 11 is 0. The van der Waals surface area contributed by atoms with Gasteiger partial charge in [-0.05, 0) is 0 Å². The van der Waals surface area contributed by atoms with Gasteiger partial charge in [0.05, 0.1) is 0 Å². The van der Waals surface area contributed by atoms with Gasteiger partial charge in [-0.2, -0.15) is 0 Å². The summed E-state index contributed by atoms with van der Waals surface area (Å²) in [5, 5.41) is 3.01. The molecule has 0 saturated carbocycles. The van der Waals surface area contributed by atoms with Gasteiger partial charge in [0.2, 0.25) is 11.8 Å². The number of carbonyl (C=O) groups excluding carboxylic acids is 2. The molecule has 1 aliphatic heterocycles. The van der Waals surface area contributed by atoms with Gasteiger partial charge in [-0.3, -0.25) is 9.59 Å². The summed E-state index contributed by atoms with van der Waals surface area (Å²) < 4.78 is 4.72. The van der Waals surface area contributed by atoms with Crippen LogP contribution in [0.25, 0.3) is 0 Å². The Bertz CT molecular complexity index is 232. The lowest BCUT2D eigenvalue weighted by Crippen LogP contribution is -2.59. The molecule has 1 saturated heterocycles. The summed E-state index contributed by atoms with van der Waals surface area (Å²) in [5.74, 6) is -0.681. The van der Waals surface area contributed by atoms with Gasteiger partial charge in [-0.15, -0.1) is 0 Å². The summed E-state index contributed by atoms with van der Waals surface area (Å²) in [6, 6.07) is -0.550. The predicted molar refractivity (Wildman–Crippen MR) is 49.4 cm³/mol. The zero-order valence-electron chi connectivity index (χ0n) is 8.16.